The topological polar surface area (TPSA) is 87.2 Å². The van der Waals surface area contributed by atoms with Crippen LogP contribution in [0.3, 0.4) is 0 Å². The minimum Gasteiger partial charge on any atom is -0.493 e. The summed E-state index contributed by atoms with van der Waals surface area (Å²) in [5.41, 5.74) is 0.490. The van der Waals surface area contributed by atoms with Crippen LogP contribution in [0.25, 0.3) is 10.9 Å². The lowest BCUT2D eigenvalue weighted by atomic mass is 9.87. The Balaban J connectivity index is 1.50. The van der Waals surface area contributed by atoms with Crippen molar-refractivity contribution in [2.45, 2.75) is 24.9 Å². The summed E-state index contributed by atoms with van der Waals surface area (Å²) >= 11 is 5.76. The molecular weight excluding hydrogens is 495 g/mol. The average molecular weight is 518 g/mol. The fourth-order valence-electron chi connectivity index (χ4n) is 4.01. The Hall–Kier alpha value is -3.72. The number of carboxylic acid groups (broad SMARTS) is 1. The summed E-state index contributed by atoms with van der Waals surface area (Å²) in [7, 11) is 0. The fraction of sp³-hybridized carbons (Fsp3) is 0.231. The van der Waals surface area contributed by atoms with Crippen LogP contribution in [0.5, 0.6) is 5.75 Å². The van der Waals surface area contributed by atoms with Gasteiger partial charge in [-0.3, -0.25) is 4.79 Å². The van der Waals surface area contributed by atoms with Crippen LogP contribution < -0.4 is 10.1 Å². The maximum Gasteiger partial charge on any atom is 0.417 e. The smallest absolute Gasteiger partial charge is 0.417 e. The standard InChI is InChI=1S/C26H23ClF3N3O3/c27-22-8-5-16(12-21(22)26(28,29)30)19(14-25(34)35)20-15-33-23-13-17(6-7-18(20)23)36-11-3-10-32-24-4-1-2-9-31-24/h1-2,4-9,12-13,15,19,33H,3,10-11,14H2,(H,31,32)(H,34,35). The molecule has 0 fully saturated rings. The molecule has 10 heteroatoms. The van der Waals surface area contributed by atoms with Gasteiger partial charge in [-0.2, -0.15) is 13.2 Å². The van der Waals surface area contributed by atoms with Crippen LogP contribution in [0, 0.1) is 0 Å². The van der Waals surface area contributed by atoms with Gasteiger partial charge in [0.25, 0.3) is 0 Å². The van der Waals surface area contributed by atoms with Crippen LogP contribution in [0.1, 0.15) is 35.4 Å². The number of pyridine rings is 1. The SMILES string of the molecule is O=C(O)CC(c1ccc(Cl)c(C(F)(F)F)c1)c1c[nH]c2cc(OCCCNc3ccccn3)ccc12. The van der Waals surface area contributed by atoms with E-state index in [1.807, 2.05) is 18.2 Å². The zero-order chi connectivity index (χ0) is 25.7. The molecule has 0 radical (unpaired) electrons. The first kappa shape index (κ1) is 25.4. The van der Waals surface area contributed by atoms with E-state index in [-0.39, 0.29) is 12.0 Å². The zero-order valence-corrected chi connectivity index (χ0v) is 19.7. The summed E-state index contributed by atoms with van der Waals surface area (Å²) in [5, 5.41) is 12.9. The van der Waals surface area contributed by atoms with E-state index in [1.165, 1.54) is 6.07 Å². The van der Waals surface area contributed by atoms with Gasteiger partial charge in [0, 0.05) is 41.8 Å². The Labute approximate surface area is 210 Å². The number of H-pyrrole nitrogens is 1. The lowest BCUT2D eigenvalue weighted by Crippen LogP contribution is -2.11. The second-order valence-corrected chi connectivity index (χ2v) is 8.59. The molecule has 36 heavy (non-hydrogen) atoms. The van der Waals surface area contributed by atoms with Gasteiger partial charge in [-0.1, -0.05) is 23.7 Å². The monoisotopic (exact) mass is 517 g/mol. The van der Waals surface area contributed by atoms with Crippen molar-refractivity contribution in [3.63, 3.8) is 0 Å². The third-order valence-electron chi connectivity index (χ3n) is 5.70. The molecule has 6 nitrogen and oxygen atoms in total. The molecule has 0 aliphatic rings. The van der Waals surface area contributed by atoms with E-state index in [0.29, 0.717) is 35.4 Å². The van der Waals surface area contributed by atoms with Gasteiger partial charge in [-0.15, -0.1) is 0 Å². The highest BCUT2D eigenvalue weighted by molar-refractivity contribution is 6.31. The summed E-state index contributed by atoms with van der Waals surface area (Å²) < 4.78 is 46.0. The van der Waals surface area contributed by atoms with Crippen LogP contribution in [0.2, 0.25) is 5.02 Å². The van der Waals surface area contributed by atoms with Crippen LogP contribution in [0.15, 0.2) is 67.0 Å². The molecule has 0 aliphatic heterocycles. The maximum atomic E-state index is 13.4. The van der Waals surface area contributed by atoms with Crippen LogP contribution in [-0.4, -0.2) is 34.2 Å². The molecule has 0 bridgehead atoms. The number of benzene rings is 2. The number of nitrogens with one attached hydrogen (secondary N) is 2. The number of carboxylic acids is 1. The average Bonchev–Trinajstić information content (AvgIpc) is 3.25. The van der Waals surface area contributed by atoms with E-state index in [2.05, 4.69) is 15.3 Å². The van der Waals surface area contributed by atoms with E-state index in [9.17, 15) is 23.1 Å². The predicted molar refractivity (Wildman–Crippen MR) is 132 cm³/mol. The largest absolute Gasteiger partial charge is 0.493 e. The third-order valence-corrected chi connectivity index (χ3v) is 6.03. The molecule has 2 aromatic heterocycles. The summed E-state index contributed by atoms with van der Waals surface area (Å²) in [6.07, 6.45) is -0.959. The van der Waals surface area contributed by atoms with Gasteiger partial charge in [0.1, 0.15) is 11.6 Å². The number of ether oxygens (including phenoxy) is 1. The number of hydrogen-bond acceptors (Lipinski definition) is 4. The molecule has 0 amide bonds. The van der Waals surface area contributed by atoms with E-state index in [1.54, 1.807) is 30.6 Å². The van der Waals surface area contributed by atoms with Gasteiger partial charge in [0.05, 0.1) is 23.6 Å². The molecule has 0 saturated heterocycles. The van der Waals surface area contributed by atoms with Gasteiger partial charge in [-0.25, -0.2) is 4.98 Å². The zero-order valence-electron chi connectivity index (χ0n) is 19.0. The summed E-state index contributed by atoms with van der Waals surface area (Å²) in [6, 6.07) is 14.4. The van der Waals surface area contributed by atoms with Crippen molar-refractivity contribution >= 4 is 34.3 Å². The van der Waals surface area contributed by atoms with Crippen molar-refractivity contribution in [2.75, 3.05) is 18.5 Å². The van der Waals surface area contributed by atoms with Gasteiger partial charge >= 0.3 is 12.1 Å². The first-order valence-corrected chi connectivity index (χ1v) is 11.6. The highest BCUT2D eigenvalue weighted by Gasteiger charge is 2.34. The van der Waals surface area contributed by atoms with Crippen molar-refractivity contribution in [1.29, 1.82) is 0 Å². The van der Waals surface area contributed by atoms with E-state index >= 15 is 0 Å². The van der Waals surface area contributed by atoms with Crippen LogP contribution >= 0.6 is 11.6 Å². The molecular formula is C26H23ClF3N3O3. The number of rotatable bonds is 10. The van der Waals surface area contributed by atoms with E-state index < -0.39 is 28.6 Å². The number of aromatic nitrogens is 2. The van der Waals surface area contributed by atoms with Gasteiger partial charge in [0.15, 0.2) is 0 Å². The van der Waals surface area contributed by atoms with Crippen LogP contribution in [-0.2, 0) is 11.0 Å². The Kier molecular flexibility index (Phi) is 7.69. The summed E-state index contributed by atoms with van der Waals surface area (Å²) in [5.74, 6) is -0.526. The Morgan fingerprint density at radius 1 is 1.17 bits per heavy atom. The number of carbonyl (C=O) groups is 1. The minimum absolute atomic E-state index is 0.218. The molecule has 188 valence electrons. The van der Waals surface area contributed by atoms with Crippen molar-refractivity contribution in [3.8, 4) is 5.75 Å². The molecule has 2 aromatic carbocycles. The molecule has 2 heterocycles. The number of alkyl halides is 3. The number of aliphatic carboxylic acids is 1. The number of anilines is 1. The maximum absolute atomic E-state index is 13.4. The van der Waals surface area contributed by atoms with Gasteiger partial charge in [-0.05, 0) is 53.9 Å². The lowest BCUT2D eigenvalue weighted by Gasteiger charge is -2.18. The molecule has 4 rings (SSSR count). The summed E-state index contributed by atoms with van der Waals surface area (Å²) in [6.45, 7) is 1.15. The van der Waals surface area contributed by atoms with Crippen molar-refractivity contribution in [2.24, 2.45) is 0 Å². The number of halogens is 4. The molecule has 0 aliphatic carbocycles. The molecule has 3 N–H and O–H groups in total. The van der Waals surface area contributed by atoms with Crippen LogP contribution in [0.4, 0.5) is 19.0 Å². The Bertz CT molecular complexity index is 1340. The third kappa shape index (κ3) is 6.09. The minimum atomic E-state index is -4.65. The Morgan fingerprint density at radius 2 is 2.00 bits per heavy atom. The number of nitrogens with zero attached hydrogens (tertiary/aromatic N) is 1. The van der Waals surface area contributed by atoms with Crippen molar-refractivity contribution < 1.29 is 27.8 Å². The predicted octanol–water partition coefficient (Wildman–Crippen LogP) is 6.72. The number of hydrogen-bond donors (Lipinski definition) is 3. The van der Waals surface area contributed by atoms with Gasteiger partial charge in [0.2, 0.25) is 0 Å². The molecule has 1 atom stereocenters. The number of aromatic amines is 1. The summed E-state index contributed by atoms with van der Waals surface area (Å²) in [4.78, 5) is 18.9. The molecule has 0 saturated carbocycles. The van der Waals surface area contributed by atoms with Crippen molar-refractivity contribution in [1.82, 2.24) is 9.97 Å². The molecule has 1 unspecified atom stereocenters. The number of fused-ring (bicyclic) bond motifs is 1. The normalized spacial score (nSPS) is 12.4. The highest BCUT2D eigenvalue weighted by atomic mass is 35.5. The Morgan fingerprint density at radius 3 is 2.72 bits per heavy atom. The van der Waals surface area contributed by atoms with E-state index in [4.69, 9.17) is 16.3 Å². The first-order chi connectivity index (χ1) is 17.2. The van der Waals surface area contributed by atoms with Gasteiger partial charge < -0.3 is 20.1 Å². The first-order valence-electron chi connectivity index (χ1n) is 11.2. The lowest BCUT2D eigenvalue weighted by molar-refractivity contribution is -0.137. The quantitative estimate of drug-likeness (QED) is 0.203. The fourth-order valence-corrected chi connectivity index (χ4v) is 4.24. The molecule has 4 aromatic rings. The highest BCUT2D eigenvalue weighted by Crippen LogP contribution is 2.40. The van der Waals surface area contributed by atoms with E-state index in [0.717, 1.165) is 24.4 Å². The van der Waals surface area contributed by atoms with Crippen molar-refractivity contribution in [3.05, 3.63) is 88.7 Å². The molecule has 0 spiro atoms. The second kappa shape index (κ2) is 10.9. The second-order valence-electron chi connectivity index (χ2n) is 8.18.